The van der Waals surface area contributed by atoms with Crippen molar-refractivity contribution in [3.05, 3.63) is 218 Å². The number of fused-ring (bicyclic) bond motifs is 4. The lowest BCUT2D eigenvalue weighted by molar-refractivity contribution is 0.0921. The quantitative estimate of drug-likeness (QED) is 0.0195. The van der Waals surface area contributed by atoms with Crippen molar-refractivity contribution in [3.8, 4) is 44.5 Å². The van der Waals surface area contributed by atoms with Gasteiger partial charge in [0.15, 0.2) is 0 Å². The molecule has 38 heteroatoms. The minimum absolute atomic E-state index is 0.0466. The predicted octanol–water partition coefficient (Wildman–Crippen LogP) is 11.1. The second-order valence-electron chi connectivity index (χ2n) is 37.8. The van der Waals surface area contributed by atoms with Gasteiger partial charge in [-0.05, 0) is 234 Å². The van der Waals surface area contributed by atoms with Crippen molar-refractivity contribution in [1.82, 2.24) is 106 Å². The number of likely N-dealkylation sites (tertiary alicyclic amines) is 4. The van der Waals surface area contributed by atoms with E-state index >= 15 is 0 Å². The van der Waals surface area contributed by atoms with Crippen molar-refractivity contribution in [2.24, 2.45) is 23.7 Å². The number of hydrogen-bond acceptors (Lipinski definition) is 24. The number of hydrogen-bond donors (Lipinski definition) is 9. The number of anilines is 4. The molecule has 13 heterocycles. The normalized spacial score (nSPS) is 21.8. The fourth-order valence-corrected chi connectivity index (χ4v) is 23.8. The summed E-state index contributed by atoms with van der Waals surface area (Å²) in [4.78, 5) is 45.5. The first-order chi connectivity index (χ1) is 65.2. The van der Waals surface area contributed by atoms with Gasteiger partial charge in [-0.25, -0.2) is 70.9 Å². The minimum Gasteiger partial charge on any atom is -0.383 e. The third-order valence-corrected chi connectivity index (χ3v) is 33.6. The highest BCUT2D eigenvalue weighted by Gasteiger charge is 2.40. The monoisotopic (exact) mass is 1900 g/mol. The molecule has 13 N–H and O–H groups in total. The van der Waals surface area contributed by atoms with E-state index < -0.39 is 40.5 Å². The molecule has 0 bridgehead atoms. The second-order valence-corrected chi connectivity index (χ2v) is 45.1. The molecule has 4 saturated carbocycles. The zero-order chi connectivity index (χ0) is 93.4. The summed E-state index contributed by atoms with van der Waals surface area (Å²) >= 11 is 0. The van der Waals surface area contributed by atoms with Crippen LogP contribution in [0.3, 0.4) is 0 Å². The lowest BCUT2D eigenvalue weighted by Crippen LogP contribution is -2.43. The van der Waals surface area contributed by atoms with E-state index in [1.54, 1.807) is 6.92 Å². The molecule has 5 saturated heterocycles. The Labute approximate surface area is 788 Å². The van der Waals surface area contributed by atoms with Crippen molar-refractivity contribution >= 4 is 108 Å². The molecule has 5 aromatic carbocycles. The average Bonchev–Trinajstić information content (AvgIpc) is 1.61. The summed E-state index contributed by atoms with van der Waals surface area (Å²) in [5.41, 5.74) is 41.3. The van der Waals surface area contributed by atoms with Crippen LogP contribution in [0.2, 0.25) is 0 Å². The van der Waals surface area contributed by atoms with Crippen LogP contribution in [0.25, 0.3) is 88.6 Å². The van der Waals surface area contributed by atoms with E-state index in [0.29, 0.717) is 53.1 Å². The lowest BCUT2D eigenvalue weighted by atomic mass is 9.79. The Bertz CT molecular complexity index is 6800. The number of nitrogen functional groups attached to an aromatic ring is 4. The van der Waals surface area contributed by atoms with Crippen LogP contribution in [0, 0.1) is 23.7 Å². The van der Waals surface area contributed by atoms with Gasteiger partial charge in [-0.15, -0.1) is 0 Å². The van der Waals surface area contributed by atoms with Crippen LogP contribution in [-0.2, 0) is 72.4 Å². The fourth-order valence-electron chi connectivity index (χ4n) is 20.3. The molecule has 22 rings (SSSR count). The summed E-state index contributed by atoms with van der Waals surface area (Å²) in [7, 11) is -12.4. The number of nitrogens with two attached hydrogens (primary N) is 4. The number of nitrogens with zero attached hydrogens (tertiary/aromatic N) is 17. The van der Waals surface area contributed by atoms with Gasteiger partial charge >= 0.3 is 10.2 Å². The van der Waals surface area contributed by atoms with Crippen molar-refractivity contribution in [3.63, 3.8) is 0 Å². The van der Waals surface area contributed by atoms with Gasteiger partial charge in [0, 0.05) is 136 Å². The first-order valence-electron chi connectivity index (χ1n) is 47.0. The highest BCUT2D eigenvalue weighted by Crippen LogP contribution is 2.49. The lowest BCUT2D eigenvalue weighted by Gasteiger charge is -2.42. The fraction of sp³-hybridized carbons (Fsp3) is 0.423. The molecule has 9 fully saturated rings. The summed E-state index contributed by atoms with van der Waals surface area (Å²) < 4.78 is 120. The molecule has 0 atom stereocenters. The highest BCUT2D eigenvalue weighted by atomic mass is 32.2. The van der Waals surface area contributed by atoms with E-state index in [4.69, 9.17) is 22.9 Å². The molecule has 9 aliphatic rings. The van der Waals surface area contributed by atoms with Gasteiger partial charge in [0.1, 0.15) is 71.2 Å². The number of benzene rings is 5. The van der Waals surface area contributed by atoms with E-state index in [1.807, 2.05) is 127 Å². The van der Waals surface area contributed by atoms with Crippen LogP contribution in [0.5, 0.6) is 0 Å². The molecule has 34 nitrogen and oxygen atoms in total. The van der Waals surface area contributed by atoms with Crippen LogP contribution in [0.15, 0.2) is 190 Å². The highest BCUT2D eigenvalue weighted by molar-refractivity contribution is 7.89. The molecule has 710 valence electrons. The van der Waals surface area contributed by atoms with E-state index in [2.05, 4.69) is 133 Å². The Morgan fingerprint density at radius 3 is 1.00 bits per heavy atom. The van der Waals surface area contributed by atoms with E-state index in [0.717, 1.165) is 191 Å². The first kappa shape index (κ1) is 92.8. The van der Waals surface area contributed by atoms with Crippen molar-refractivity contribution in [2.45, 2.75) is 140 Å². The topological polar surface area (TPSA) is 440 Å². The zero-order valence-corrected chi connectivity index (χ0v) is 79.6. The summed E-state index contributed by atoms with van der Waals surface area (Å²) in [6, 6.07) is 42.4. The molecule has 4 aliphatic carbocycles. The molecule has 8 aromatic heterocycles. The molecule has 13 aromatic rings. The summed E-state index contributed by atoms with van der Waals surface area (Å²) in [6.07, 6.45) is 29.2. The molecule has 0 amide bonds. The largest absolute Gasteiger partial charge is 0.383 e. The van der Waals surface area contributed by atoms with Gasteiger partial charge in [0.2, 0.25) is 20.0 Å². The molecular weight excluding hydrogens is 1790 g/mol. The van der Waals surface area contributed by atoms with Crippen molar-refractivity contribution in [1.29, 1.82) is 0 Å². The Kier molecular flexibility index (Phi) is 27.1. The first-order valence-corrected chi connectivity index (χ1v) is 53.2. The molecule has 0 spiro atoms. The van der Waals surface area contributed by atoms with Crippen LogP contribution in [-0.4, -0.2) is 214 Å². The SMILES string of the molecule is C=C1CN(Cc2cccc(-c3cn(C4CC(CN5CCC5)C4)c4ncnc(N)c34)c2)S(=O)(=O)N1.CCS(=O)(=O)NCc1cccc(-c2cn(C3CC(CN4CCC4)C3)c3ncnc(N)c23)c1.CNS(=O)(=O)NCc1cccc(-c2cn(C3CC(CN4CCC4)C3)c3ncnc(N)c23)c1.Nc1ncnc2c1c(-c1cccc(CNS(=O)(=O)Cc3ccccc3)c1)cn2C1CC(CN2CCC2)C1. The van der Waals surface area contributed by atoms with Crippen LogP contribution in [0.1, 0.15) is 136 Å². The van der Waals surface area contributed by atoms with Crippen LogP contribution >= 0.6 is 0 Å². The maximum absolute atomic E-state index is 12.6. The third-order valence-electron chi connectivity index (χ3n) is 28.4. The predicted molar refractivity (Wildman–Crippen MR) is 529 cm³/mol. The molecule has 0 unspecified atom stereocenters. The van der Waals surface area contributed by atoms with E-state index in [1.165, 1.54) is 141 Å². The number of nitrogens with one attached hydrogen (secondary N) is 5. The summed E-state index contributed by atoms with van der Waals surface area (Å²) in [5.74, 6) is 4.82. The number of aromatic nitrogens is 12. The van der Waals surface area contributed by atoms with Gasteiger partial charge in [-0.1, -0.05) is 110 Å². The maximum atomic E-state index is 12.6. The Morgan fingerprint density at radius 2 is 0.704 bits per heavy atom. The van der Waals surface area contributed by atoms with E-state index in [9.17, 15) is 33.7 Å². The van der Waals surface area contributed by atoms with Gasteiger partial charge in [0.05, 0.1) is 39.6 Å². The van der Waals surface area contributed by atoms with Crippen molar-refractivity contribution < 1.29 is 33.7 Å². The molecule has 5 aliphatic heterocycles. The standard InChI is InChI=1S/C28H32N6O2S.C24H29N7O2S.C23H30N6O2S.C22H29N7O2S/c29-27-26-25(17-34(28(26)31-19-30-27)24-13-22(14-24)16-33-10-5-11-33)23-9-4-8-21(12-23)15-32-37(35,36)18-20-6-2-1-3-7-20;1-16-11-30(34(32,33)28-16)13-17-4-2-5-19(8-17)21-14-31(24-22(21)23(25)26-15-27-24)20-9-18(10-20)12-29-6-3-7-29;1-2-32(30,31)27-12-16-5-3-6-18(9-16)20-14-29(23-21(20)22(24)25-15-26-23)19-10-17(11-19)13-28-7-4-8-28;1-24-32(30,31)27-11-15-4-2-5-17(8-15)19-13-29(22-20(19)21(23)25-14-26-22)18-9-16(10-18)12-28-6-3-7-28/h1-4,6-9,12,17,19,22,24,32H,5,10-11,13-16,18H2,(H2,29,30,31);2,4-5,8,14-15,18,20,28H,1,3,6-7,9-13H2,(H2,25,26,27);3,5-6,9,14-15,17,19,27H,2,4,7-8,10-13H2,1H3,(H2,24,25,26);2,4-5,8,13-14,16,18,24,27H,3,6-7,9-12H2,1H3,(H2,23,25,26). The van der Waals surface area contributed by atoms with Crippen LogP contribution in [0.4, 0.5) is 23.3 Å². The Morgan fingerprint density at radius 1 is 0.400 bits per heavy atom. The summed E-state index contributed by atoms with van der Waals surface area (Å²) in [6.45, 7) is 21.3. The van der Waals surface area contributed by atoms with Gasteiger partial charge in [-0.2, -0.15) is 25.9 Å². The Balaban J connectivity index is 0.000000116. The molecule has 135 heavy (non-hydrogen) atoms. The van der Waals surface area contributed by atoms with Crippen molar-refractivity contribution in [2.75, 3.05) is 121 Å². The van der Waals surface area contributed by atoms with E-state index in [-0.39, 0.29) is 44.2 Å². The maximum Gasteiger partial charge on any atom is 0.302 e. The third kappa shape index (κ3) is 20.9. The molecule has 0 radical (unpaired) electrons. The smallest absolute Gasteiger partial charge is 0.302 e. The average molecular weight is 1910 g/mol. The second kappa shape index (κ2) is 39.5. The molecular formula is C97H120N26O8S4. The van der Waals surface area contributed by atoms with Gasteiger partial charge < -0.3 is 60.8 Å². The van der Waals surface area contributed by atoms with Crippen LogP contribution < -0.4 is 46.5 Å². The Hall–Kier alpha value is -11.2. The number of rotatable bonds is 31. The minimum atomic E-state index is -3.53. The summed E-state index contributed by atoms with van der Waals surface area (Å²) in [5, 5.41) is 3.43. The van der Waals surface area contributed by atoms with Gasteiger partial charge in [0.25, 0.3) is 10.2 Å². The zero-order valence-electron chi connectivity index (χ0n) is 76.3. The number of sulfonamides is 2. The van der Waals surface area contributed by atoms with Gasteiger partial charge in [-0.3, -0.25) is 4.72 Å².